The number of hydrogen-bond acceptors (Lipinski definition) is 7. The van der Waals surface area contributed by atoms with E-state index in [-0.39, 0.29) is 17.0 Å². The maximum Gasteiger partial charge on any atom is 0.328 e. The first-order chi connectivity index (χ1) is 11.1. The lowest BCUT2D eigenvalue weighted by molar-refractivity contribution is -0.498. The Kier molecular flexibility index (Phi) is 6.44. The van der Waals surface area contributed by atoms with Gasteiger partial charge in [-0.15, -0.1) is 0 Å². The zero-order chi connectivity index (χ0) is 18.4. The van der Waals surface area contributed by atoms with Gasteiger partial charge in [0.2, 0.25) is 9.84 Å². The normalized spacial score (nSPS) is 13.3. The van der Waals surface area contributed by atoms with E-state index in [4.69, 9.17) is 5.26 Å². The van der Waals surface area contributed by atoms with Gasteiger partial charge in [0.1, 0.15) is 0 Å². The minimum absolute atomic E-state index is 0.00108. The Labute approximate surface area is 139 Å². The third-order valence-electron chi connectivity index (χ3n) is 2.89. The van der Waals surface area contributed by atoms with Gasteiger partial charge < -0.3 is 0 Å². The maximum absolute atomic E-state index is 12.0. The number of nitrogens with one attached hydrogen (secondary N) is 1. The minimum Gasteiger partial charge on any atom is -0.278 e. The van der Waals surface area contributed by atoms with E-state index in [0.717, 1.165) is 23.6 Å². The second-order valence-electron chi connectivity index (χ2n) is 4.68. The van der Waals surface area contributed by atoms with E-state index in [2.05, 4.69) is 4.72 Å². The van der Waals surface area contributed by atoms with Crippen molar-refractivity contribution in [3.05, 3.63) is 45.9 Å². The SMILES string of the molecule is CCCC([N+](=O)[O-])S(=O)(=O)Nc1ccc(S(=O)(=O)/C=C/C#N)cc1. The lowest BCUT2D eigenvalue weighted by Gasteiger charge is -2.12. The number of sulfone groups is 1. The van der Waals surface area contributed by atoms with E-state index in [1.807, 2.05) is 0 Å². The number of rotatable bonds is 8. The number of allylic oxidation sites excluding steroid dienone is 1. The molecule has 0 amide bonds. The molecule has 0 radical (unpaired) electrons. The number of nitrogens with zero attached hydrogens (tertiary/aromatic N) is 2. The van der Waals surface area contributed by atoms with Crippen molar-refractivity contribution in [3.8, 4) is 6.07 Å². The fraction of sp³-hybridized carbons (Fsp3) is 0.308. The fourth-order valence-electron chi connectivity index (χ4n) is 1.76. The highest BCUT2D eigenvalue weighted by molar-refractivity contribution is 7.94. The zero-order valence-electron chi connectivity index (χ0n) is 12.6. The van der Waals surface area contributed by atoms with Crippen LogP contribution in [0.15, 0.2) is 40.6 Å². The predicted octanol–water partition coefficient (Wildman–Crippen LogP) is 1.64. The summed E-state index contributed by atoms with van der Waals surface area (Å²) >= 11 is 0. The van der Waals surface area contributed by atoms with Gasteiger partial charge in [0.15, 0.2) is 0 Å². The van der Waals surface area contributed by atoms with E-state index in [0.29, 0.717) is 6.42 Å². The molecule has 0 aliphatic rings. The smallest absolute Gasteiger partial charge is 0.278 e. The topological polar surface area (TPSA) is 147 Å². The van der Waals surface area contributed by atoms with Gasteiger partial charge in [-0.3, -0.25) is 14.8 Å². The Balaban J connectivity index is 3.05. The van der Waals surface area contributed by atoms with Crippen LogP contribution in [0.3, 0.4) is 0 Å². The summed E-state index contributed by atoms with van der Waals surface area (Å²) in [4.78, 5) is 9.87. The molecule has 0 bridgehead atoms. The van der Waals surface area contributed by atoms with Crippen LogP contribution in [0, 0.1) is 21.4 Å². The summed E-state index contributed by atoms with van der Waals surface area (Å²) in [6, 6.07) is 6.17. The summed E-state index contributed by atoms with van der Waals surface area (Å²) in [6.45, 7) is 1.63. The van der Waals surface area contributed by atoms with Gasteiger partial charge in [0.25, 0.3) is 0 Å². The monoisotopic (exact) mass is 373 g/mol. The van der Waals surface area contributed by atoms with Gasteiger partial charge in [-0.2, -0.15) is 13.7 Å². The molecule has 0 heterocycles. The van der Waals surface area contributed by atoms with E-state index >= 15 is 0 Å². The minimum atomic E-state index is -4.25. The molecule has 1 rings (SSSR count). The number of anilines is 1. The Morgan fingerprint density at radius 2 is 1.88 bits per heavy atom. The quantitative estimate of drug-likeness (QED) is 0.414. The molecular weight excluding hydrogens is 358 g/mol. The van der Waals surface area contributed by atoms with Crippen molar-refractivity contribution < 1.29 is 21.8 Å². The number of nitro groups is 1. The summed E-state index contributed by atoms with van der Waals surface area (Å²) < 4.78 is 49.8. The molecular formula is C13H15N3O6S2. The highest BCUT2D eigenvalue weighted by Crippen LogP contribution is 2.19. The van der Waals surface area contributed by atoms with Gasteiger partial charge in [-0.1, -0.05) is 6.92 Å². The van der Waals surface area contributed by atoms with Gasteiger partial charge in [0, 0.05) is 28.5 Å². The summed E-state index contributed by atoms with van der Waals surface area (Å²) in [5.41, 5.74) is 0.00108. The lowest BCUT2D eigenvalue weighted by atomic mass is 10.3. The molecule has 1 N–H and O–H groups in total. The second-order valence-corrected chi connectivity index (χ2v) is 8.35. The predicted molar refractivity (Wildman–Crippen MR) is 86.6 cm³/mol. The molecule has 1 aromatic carbocycles. The van der Waals surface area contributed by atoms with Gasteiger partial charge in [-0.25, -0.2) is 8.42 Å². The molecule has 0 spiro atoms. The largest absolute Gasteiger partial charge is 0.328 e. The van der Waals surface area contributed by atoms with Gasteiger partial charge in [-0.05, 0) is 30.7 Å². The average molecular weight is 373 g/mol. The zero-order valence-corrected chi connectivity index (χ0v) is 14.2. The number of benzene rings is 1. The summed E-state index contributed by atoms with van der Waals surface area (Å²) in [7, 11) is -8.06. The van der Waals surface area contributed by atoms with Crippen molar-refractivity contribution in [2.75, 3.05) is 4.72 Å². The van der Waals surface area contributed by atoms with Gasteiger partial charge >= 0.3 is 15.4 Å². The van der Waals surface area contributed by atoms with Crippen LogP contribution in [0.5, 0.6) is 0 Å². The maximum atomic E-state index is 12.0. The van der Waals surface area contributed by atoms with Gasteiger partial charge in [0.05, 0.1) is 11.0 Å². The molecule has 1 atom stereocenters. The second kappa shape index (κ2) is 7.89. The summed E-state index contributed by atoms with van der Waals surface area (Å²) in [5.74, 6) is 0. The first-order valence-electron chi connectivity index (χ1n) is 6.70. The van der Waals surface area contributed by atoms with Crippen molar-refractivity contribution in [1.82, 2.24) is 0 Å². The Morgan fingerprint density at radius 3 is 2.33 bits per heavy atom. The van der Waals surface area contributed by atoms with Crippen LogP contribution in [0.2, 0.25) is 0 Å². The van der Waals surface area contributed by atoms with Crippen LogP contribution >= 0.6 is 0 Å². The van der Waals surface area contributed by atoms with E-state index in [9.17, 15) is 26.9 Å². The van der Waals surface area contributed by atoms with Crippen LogP contribution in [0.1, 0.15) is 19.8 Å². The van der Waals surface area contributed by atoms with Crippen molar-refractivity contribution in [3.63, 3.8) is 0 Å². The number of sulfonamides is 1. The molecule has 9 nitrogen and oxygen atoms in total. The first-order valence-corrected chi connectivity index (χ1v) is 9.79. The van der Waals surface area contributed by atoms with E-state index < -0.39 is 30.2 Å². The summed E-state index contributed by atoms with van der Waals surface area (Å²) in [6.07, 6.45) is 0.973. The molecule has 0 aliphatic heterocycles. The summed E-state index contributed by atoms with van der Waals surface area (Å²) in [5, 5.41) is 18.2. The van der Waals surface area contributed by atoms with Crippen molar-refractivity contribution in [1.29, 1.82) is 5.26 Å². The number of nitriles is 1. The van der Waals surface area contributed by atoms with Crippen LogP contribution in [0.4, 0.5) is 5.69 Å². The molecule has 0 fully saturated rings. The molecule has 0 saturated carbocycles. The van der Waals surface area contributed by atoms with Crippen LogP contribution in [-0.4, -0.2) is 27.1 Å². The Hall–Kier alpha value is -2.45. The molecule has 0 aromatic heterocycles. The molecule has 130 valence electrons. The molecule has 0 aliphatic carbocycles. The molecule has 1 aromatic rings. The van der Waals surface area contributed by atoms with Crippen molar-refractivity contribution in [2.24, 2.45) is 0 Å². The molecule has 11 heteroatoms. The standard InChI is InChI=1S/C13H15N3O6S2/c1-2-4-13(16(17)18)24(21,22)15-11-5-7-12(8-6-11)23(19,20)10-3-9-14/h3,5-8,10,13,15H,2,4H2,1H3/b10-3+. The third kappa shape index (κ3) is 5.04. The molecule has 1 unspecified atom stereocenters. The number of hydrogen-bond donors (Lipinski definition) is 1. The fourth-order valence-corrected chi connectivity index (χ4v) is 4.05. The molecule has 0 saturated heterocycles. The Bertz CT molecular complexity index is 867. The lowest BCUT2D eigenvalue weighted by Crippen LogP contribution is -2.34. The highest BCUT2D eigenvalue weighted by Gasteiger charge is 2.35. The van der Waals surface area contributed by atoms with Crippen molar-refractivity contribution >= 4 is 25.5 Å². The Morgan fingerprint density at radius 1 is 1.29 bits per heavy atom. The molecule has 24 heavy (non-hydrogen) atoms. The van der Waals surface area contributed by atoms with Crippen molar-refractivity contribution in [2.45, 2.75) is 30.0 Å². The van der Waals surface area contributed by atoms with Crippen LogP contribution in [-0.2, 0) is 19.9 Å². The van der Waals surface area contributed by atoms with Crippen LogP contribution < -0.4 is 4.72 Å². The third-order valence-corrected chi connectivity index (χ3v) is 5.96. The highest BCUT2D eigenvalue weighted by atomic mass is 32.2. The first kappa shape index (κ1) is 19.6. The van der Waals surface area contributed by atoms with E-state index in [1.165, 1.54) is 12.1 Å². The van der Waals surface area contributed by atoms with Crippen LogP contribution in [0.25, 0.3) is 0 Å². The van der Waals surface area contributed by atoms with E-state index in [1.54, 1.807) is 13.0 Å². The average Bonchev–Trinajstić information content (AvgIpc) is 2.50.